The maximum Gasteiger partial charge on any atom is 0.337 e. The lowest BCUT2D eigenvalue weighted by Crippen LogP contribution is -2.02. The third kappa shape index (κ3) is 4.92. The van der Waals surface area contributed by atoms with Crippen LogP contribution in [0.15, 0.2) is 54.9 Å². The molecule has 2 heterocycles. The van der Waals surface area contributed by atoms with E-state index in [2.05, 4.69) is 19.4 Å². The fourth-order valence-electron chi connectivity index (χ4n) is 2.80. The summed E-state index contributed by atoms with van der Waals surface area (Å²) in [7, 11) is 2.49. The van der Waals surface area contributed by atoms with Crippen molar-refractivity contribution in [3.05, 3.63) is 82.6 Å². The molecule has 0 radical (unpaired) electrons. The minimum atomic E-state index is -0.597. The van der Waals surface area contributed by atoms with E-state index in [0.29, 0.717) is 15.8 Å². The number of ether oxygens (including phenoxy) is 2. The van der Waals surface area contributed by atoms with E-state index >= 15 is 0 Å². The van der Waals surface area contributed by atoms with Crippen LogP contribution in [0.3, 0.4) is 0 Å². The lowest BCUT2D eigenvalue weighted by Gasteiger charge is -2.03. The lowest BCUT2D eigenvalue weighted by atomic mass is 10.1. The van der Waals surface area contributed by atoms with Gasteiger partial charge in [0.2, 0.25) is 0 Å². The zero-order valence-electron chi connectivity index (χ0n) is 16.4. The maximum atomic E-state index is 13.6. The van der Waals surface area contributed by atoms with Crippen molar-refractivity contribution in [1.29, 1.82) is 0 Å². The van der Waals surface area contributed by atoms with Gasteiger partial charge in [-0.05, 0) is 36.4 Å². The molecule has 6 nitrogen and oxygen atoms in total. The number of carbonyl (C=O) groups excluding carboxylic acids is 2. The number of hydrogen-bond donors (Lipinski definition) is 0. The van der Waals surface area contributed by atoms with Gasteiger partial charge in [-0.3, -0.25) is 9.97 Å². The molecule has 0 amide bonds. The molecule has 0 N–H and O–H groups in total. The molecule has 0 unspecified atom stereocenters. The molecule has 0 saturated carbocycles. The SMILES string of the molecule is COC(=O)c1cc(F)c2ncc(Cl)cc2c1.COC(=O)c1cc(F)c2ncccc2c1. The van der Waals surface area contributed by atoms with Gasteiger partial charge in [0.05, 0.1) is 30.4 Å². The number of nitrogens with zero attached hydrogens (tertiary/aromatic N) is 2. The Kier molecular flexibility index (Phi) is 6.71. The fraction of sp³-hybridized carbons (Fsp3) is 0.0909. The highest BCUT2D eigenvalue weighted by atomic mass is 35.5. The first-order chi connectivity index (χ1) is 14.8. The number of esters is 2. The van der Waals surface area contributed by atoms with Gasteiger partial charge in [0.25, 0.3) is 0 Å². The monoisotopic (exact) mass is 444 g/mol. The highest BCUT2D eigenvalue weighted by Crippen LogP contribution is 2.22. The molecule has 0 fully saturated rings. The summed E-state index contributed by atoms with van der Waals surface area (Å²) in [6.07, 6.45) is 2.86. The van der Waals surface area contributed by atoms with Crippen molar-refractivity contribution in [2.24, 2.45) is 0 Å². The molecule has 2 aromatic carbocycles. The Morgan fingerprint density at radius 2 is 1.39 bits per heavy atom. The zero-order chi connectivity index (χ0) is 22.5. The summed E-state index contributed by atoms with van der Waals surface area (Å²) in [6, 6.07) is 10.2. The standard InChI is InChI=1S/C11H7ClFNO2.C11H8FNO2/c1-16-11(15)7-2-6-3-8(12)5-14-10(6)9(13)4-7;1-15-11(14)8-5-7-3-2-4-13-10(7)9(12)6-8/h2-5H,1H3;2-6H,1H3. The molecule has 9 heteroatoms. The summed E-state index contributed by atoms with van der Waals surface area (Å²) in [6.45, 7) is 0. The number of hydrogen-bond acceptors (Lipinski definition) is 6. The summed E-state index contributed by atoms with van der Waals surface area (Å²) < 4.78 is 36.1. The minimum absolute atomic E-state index is 0.136. The number of rotatable bonds is 2. The van der Waals surface area contributed by atoms with Gasteiger partial charge in [-0.1, -0.05) is 17.7 Å². The molecule has 0 aliphatic rings. The molecule has 0 atom stereocenters. The highest BCUT2D eigenvalue weighted by Gasteiger charge is 2.12. The summed E-state index contributed by atoms with van der Waals surface area (Å²) in [5.41, 5.74) is 0.759. The van der Waals surface area contributed by atoms with Crippen LogP contribution in [0.2, 0.25) is 5.02 Å². The third-order valence-corrected chi connectivity index (χ3v) is 4.41. The number of fused-ring (bicyclic) bond motifs is 2. The van der Waals surface area contributed by atoms with Crippen molar-refractivity contribution in [2.75, 3.05) is 14.2 Å². The first kappa shape index (κ1) is 22.0. The normalized spacial score (nSPS) is 10.4. The van der Waals surface area contributed by atoms with Crippen LogP contribution in [-0.4, -0.2) is 36.1 Å². The fourth-order valence-corrected chi connectivity index (χ4v) is 2.96. The van der Waals surface area contributed by atoms with Crippen molar-refractivity contribution in [3.8, 4) is 0 Å². The molecular formula is C22H15ClF2N2O4. The zero-order valence-corrected chi connectivity index (χ0v) is 17.1. The van der Waals surface area contributed by atoms with Gasteiger partial charge >= 0.3 is 11.9 Å². The summed E-state index contributed by atoms with van der Waals surface area (Å²) in [4.78, 5) is 30.2. The molecule has 0 spiro atoms. The lowest BCUT2D eigenvalue weighted by molar-refractivity contribution is 0.0591. The van der Waals surface area contributed by atoms with Gasteiger partial charge in [0.1, 0.15) is 22.7 Å². The van der Waals surface area contributed by atoms with E-state index in [4.69, 9.17) is 11.6 Å². The largest absolute Gasteiger partial charge is 0.465 e. The number of benzene rings is 2. The predicted octanol–water partition coefficient (Wildman–Crippen LogP) is 4.97. The van der Waals surface area contributed by atoms with Gasteiger partial charge in [-0.15, -0.1) is 0 Å². The third-order valence-electron chi connectivity index (χ3n) is 4.20. The minimum Gasteiger partial charge on any atom is -0.465 e. The first-order valence-corrected chi connectivity index (χ1v) is 9.17. The van der Waals surface area contributed by atoms with Crippen LogP contribution >= 0.6 is 11.6 Å². The van der Waals surface area contributed by atoms with Crippen LogP contribution in [0, 0.1) is 11.6 Å². The number of carbonyl (C=O) groups is 2. The predicted molar refractivity (Wildman–Crippen MR) is 111 cm³/mol. The summed E-state index contributed by atoms with van der Waals surface area (Å²) in [5, 5.41) is 1.43. The molecule has 4 aromatic rings. The Labute approximate surface area is 180 Å². The Balaban J connectivity index is 0.000000176. The molecule has 2 aromatic heterocycles. The highest BCUT2D eigenvalue weighted by molar-refractivity contribution is 6.31. The van der Waals surface area contributed by atoms with Crippen LogP contribution in [0.25, 0.3) is 21.8 Å². The molecule has 158 valence electrons. The maximum absolute atomic E-state index is 13.6. The van der Waals surface area contributed by atoms with E-state index in [-0.39, 0.29) is 22.2 Å². The van der Waals surface area contributed by atoms with Gasteiger partial charge in [-0.25, -0.2) is 18.4 Å². The molecule has 0 saturated heterocycles. The molecule has 0 aliphatic heterocycles. The Hall–Kier alpha value is -3.65. The summed E-state index contributed by atoms with van der Waals surface area (Å²) in [5.74, 6) is -2.25. The van der Waals surface area contributed by atoms with Crippen molar-refractivity contribution in [2.45, 2.75) is 0 Å². The van der Waals surface area contributed by atoms with E-state index in [0.717, 1.165) is 12.1 Å². The smallest absolute Gasteiger partial charge is 0.337 e. The van der Waals surface area contributed by atoms with Crippen LogP contribution in [0.4, 0.5) is 8.78 Å². The topological polar surface area (TPSA) is 78.4 Å². The number of halogens is 3. The Bertz CT molecular complexity index is 1300. The molecular weight excluding hydrogens is 430 g/mol. The van der Waals surface area contributed by atoms with Crippen LogP contribution in [-0.2, 0) is 9.47 Å². The van der Waals surface area contributed by atoms with Crippen molar-refractivity contribution in [3.63, 3.8) is 0 Å². The van der Waals surface area contributed by atoms with Crippen LogP contribution < -0.4 is 0 Å². The Morgan fingerprint density at radius 3 is 1.97 bits per heavy atom. The number of aromatic nitrogens is 2. The second kappa shape index (κ2) is 9.44. The number of pyridine rings is 2. The average Bonchev–Trinajstić information content (AvgIpc) is 2.78. The Morgan fingerprint density at radius 1 is 0.839 bits per heavy atom. The number of methoxy groups -OCH3 is 2. The van der Waals surface area contributed by atoms with E-state index < -0.39 is 23.6 Å². The van der Waals surface area contributed by atoms with E-state index in [9.17, 15) is 18.4 Å². The second-order valence-electron chi connectivity index (χ2n) is 6.20. The van der Waals surface area contributed by atoms with E-state index in [1.807, 2.05) is 0 Å². The van der Waals surface area contributed by atoms with Crippen molar-refractivity contribution < 1.29 is 27.8 Å². The van der Waals surface area contributed by atoms with Crippen molar-refractivity contribution in [1.82, 2.24) is 9.97 Å². The first-order valence-electron chi connectivity index (χ1n) is 8.79. The second-order valence-corrected chi connectivity index (χ2v) is 6.64. The van der Waals surface area contributed by atoms with Gasteiger partial charge in [0, 0.05) is 23.2 Å². The quantitative estimate of drug-likeness (QED) is 0.406. The molecule has 31 heavy (non-hydrogen) atoms. The van der Waals surface area contributed by atoms with Gasteiger partial charge < -0.3 is 9.47 Å². The van der Waals surface area contributed by atoms with Crippen LogP contribution in [0.5, 0.6) is 0 Å². The van der Waals surface area contributed by atoms with Crippen molar-refractivity contribution >= 4 is 45.3 Å². The van der Waals surface area contributed by atoms with Gasteiger partial charge in [-0.2, -0.15) is 0 Å². The average molecular weight is 445 g/mol. The molecule has 4 rings (SSSR count). The van der Waals surface area contributed by atoms with Gasteiger partial charge in [0.15, 0.2) is 0 Å². The van der Waals surface area contributed by atoms with Crippen LogP contribution in [0.1, 0.15) is 20.7 Å². The molecule has 0 aliphatic carbocycles. The summed E-state index contributed by atoms with van der Waals surface area (Å²) >= 11 is 5.74. The van der Waals surface area contributed by atoms with E-state index in [1.165, 1.54) is 32.7 Å². The molecule has 0 bridgehead atoms. The van der Waals surface area contributed by atoms with E-state index in [1.54, 1.807) is 24.3 Å².